The van der Waals surface area contributed by atoms with Crippen molar-refractivity contribution in [1.82, 2.24) is 0 Å². The molecule has 0 aliphatic heterocycles. The second-order valence-corrected chi connectivity index (χ2v) is 10.0. The number of carbonyl (C=O) groups is 3. The number of Topliss-reactive ketones (excluding diaryl/α,β-unsaturated/α-hetero) is 3. The molecule has 0 heterocycles. The summed E-state index contributed by atoms with van der Waals surface area (Å²) >= 11 is 0. The van der Waals surface area contributed by atoms with E-state index < -0.39 is 27.6 Å². The number of ketones is 3. The number of hydrogen-bond donors (Lipinski definition) is 1. The Morgan fingerprint density at radius 1 is 0.967 bits per heavy atom. The largest absolute Gasteiger partial charge is 0.512 e. The Hall–Kier alpha value is -2.83. The van der Waals surface area contributed by atoms with Gasteiger partial charge in [0.05, 0.1) is 10.8 Å². The third-order valence-corrected chi connectivity index (χ3v) is 6.01. The van der Waals surface area contributed by atoms with E-state index in [-0.39, 0.29) is 65.6 Å². The van der Waals surface area contributed by atoms with Crippen LogP contribution in [0.3, 0.4) is 0 Å². The van der Waals surface area contributed by atoms with Crippen LogP contribution in [-0.4, -0.2) is 27.4 Å². The van der Waals surface area contributed by atoms with Crippen LogP contribution in [0.25, 0.3) is 0 Å². The van der Waals surface area contributed by atoms with E-state index in [1.165, 1.54) is 18.2 Å². The molecule has 1 aromatic rings. The number of carbonyl (C=O) groups excluding carboxylic acids is 3. The number of allylic oxidation sites excluding steroid dienone is 2. The predicted molar refractivity (Wildman–Crippen MR) is 110 cm³/mol. The predicted octanol–water partition coefficient (Wildman–Crippen LogP) is 4.45. The zero-order chi connectivity index (χ0) is 22.4. The molecule has 2 aliphatic rings. The van der Waals surface area contributed by atoms with Crippen LogP contribution in [0.2, 0.25) is 0 Å². The second-order valence-electron chi connectivity index (χ2n) is 10.0. The van der Waals surface area contributed by atoms with E-state index in [0.29, 0.717) is 0 Å². The maximum atomic E-state index is 13.1. The smallest absolute Gasteiger partial charge is 0.273 e. The van der Waals surface area contributed by atoms with E-state index in [1.54, 1.807) is 6.07 Å². The highest BCUT2D eigenvalue weighted by molar-refractivity contribution is 6.09. The van der Waals surface area contributed by atoms with E-state index >= 15 is 0 Å². The second kappa shape index (κ2) is 7.45. The minimum Gasteiger partial charge on any atom is -0.512 e. The van der Waals surface area contributed by atoms with Gasteiger partial charge in [0.1, 0.15) is 17.3 Å². The van der Waals surface area contributed by atoms with Crippen LogP contribution in [0, 0.1) is 26.9 Å². The van der Waals surface area contributed by atoms with Crippen molar-refractivity contribution < 1.29 is 24.4 Å². The topological polar surface area (TPSA) is 115 Å². The summed E-state index contributed by atoms with van der Waals surface area (Å²) in [6.45, 7) is 7.34. The van der Waals surface area contributed by atoms with Gasteiger partial charge in [0.15, 0.2) is 5.78 Å². The fourth-order valence-corrected chi connectivity index (χ4v) is 4.85. The van der Waals surface area contributed by atoms with Gasteiger partial charge >= 0.3 is 0 Å². The zero-order valence-corrected chi connectivity index (χ0v) is 17.7. The summed E-state index contributed by atoms with van der Waals surface area (Å²) in [7, 11) is 0. The lowest BCUT2D eigenvalue weighted by Gasteiger charge is -2.38. The molecule has 1 fully saturated rings. The first kappa shape index (κ1) is 21.9. The van der Waals surface area contributed by atoms with E-state index in [2.05, 4.69) is 0 Å². The van der Waals surface area contributed by atoms with E-state index in [4.69, 9.17) is 0 Å². The Bertz CT molecular complexity index is 952. The third kappa shape index (κ3) is 4.06. The molecule has 1 unspecified atom stereocenters. The Morgan fingerprint density at radius 2 is 1.50 bits per heavy atom. The van der Waals surface area contributed by atoms with Crippen molar-refractivity contribution in [3.63, 3.8) is 0 Å². The minimum absolute atomic E-state index is 0.0324. The lowest BCUT2D eigenvalue weighted by molar-refractivity contribution is -0.385. The Balaban J connectivity index is 2.24. The van der Waals surface area contributed by atoms with Crippen molar-refractivity contribution >= 4 is 23.0 Å². The minimum atomic E-state index is -1.22. The van der Waals surface area contributed by atoms with Gasteiger partial charge in [-0.1, -0.05) is 45.9 Å². The lowest BCUT2D eigenvalue weighted by atomic mass is 9.62. The van der Waals surface area contributed by atoms with Crippen LogP contribution >= 0.6 is 0 Å². The Labute approximate surface area is 175 Å². The fraction of sp³-hybridized carbons (Fsp3) is 0.522. The van der Waals surface area contributed by atoms with Crippen molar-refractivity contribution in [2.45, 2.75) is 59.3 Å². The Morgan fingerprint density at radius 3 is 2.03 bits per heavy atom. The molecule has 1 saturated carbocycles. The number of benzene rings is 1. The molecule has 0 bridgehead atoms. The standard InChI is InChI=1S/C23H27NO6/c1-22(2)9-15(25)20(16(26)10-22)19(13-7-5-6-8-14(13)24(29)30)21-17(27)11-23(3,4)12-18(21)28/h5-8,19-20,27H,9-12H2,1-4H3. The molecule has 0 radical (unpaired) electrons. The SMILES string of the molecule is CC1(C)CC(=O)C(C(C2=C(O)CC(C)(C)CC2=O)c2ccccc2[N+](=O)[O-])C(=O)C1. The van der Waals surface area contributed by atoms with Gasteiger partial charge in [-0.2, -0.15) is 0 Å². The van der Waals surface area contributed by atoms with Gasteiger partial charge in [0.25, 0.3) is 5.69 Å². The molecule has 7 nitrogen and oxygen atoms in total. The van der Waals surface area contributed by atoms with E-state index in [0.717, 1.165) is 0 Å². The third-order valence-electron chi connectivity index (χ3n) is 6.01. The molecule has 0 aromatic heterocycles. The molecular weight excluding hydrogens is 386 g/mol. The molecule has 0 saturated heterocycles. The highest BCUT2D eigenvalue weighted by atomic mass is 16.6. The van der Waals surface area contributed by atoms with Gasteiger partial charge in [-0.25, -0.2) is 0 Å². The van der Waals surface area contributed by atoms with Crippen LogP contribution in [0.1, 0.15) is 64.9 Å². The number of nitro benzene ring substituents is 1. The average molecular weight is 413 g/mol. The van der Waals surface area contributed by atoms with Crippen molar-refractivity contribution in [3.8, 4) is 0 Å². The normalized spacial score (nSPS) is 22.9. The molecular formula is C23H27NO6. The number of hydrogen-bond acceptors (Lipinski definition) is 6. The monoisotopic (exact) mass is 413 g/mol. The van der Waals surface area contributed by atoms with E-state index in [9.17, 15) is 29.6 Å². The van der Waals surface area contributed by atoms with Crippen LogP contribution < -0.4 is 0 Å². The average Bonchev–Trinajstić information content (AvgIpc) is 2.57. The van der Waals surface area contributed by atoms with Gasteiger partial charge in [0, 0.05) is 48.8 Å². The van der Waals surface area contributed by atoms with Gasteiger partial charge in [-0.3, -0.25) is 24.5 Å². The first-order chi connectivity index (χ1) is 13.8. The molecule has 0 spiro atoms. The van der Waals surface area contributed by atoms with Crippen LogP contribution in [-0.2, 0) is 14.4 Å². The maximum Gasteiger partial charge on any atom is 0.273 e. The van der Waals surface area contributed by atoms with Gasteiger partial charge in [0.2, 0.25) is 0 Å². The van der Waals surface area contributed by atoms with Crippen molar-refractivity contribution in [1.29, 1.82) is 0 Å². The Kier molecular flexibility index (Phi) is 5.43. The van der Waals surface area contributed by atoms with Crippen molar-refractivity contribution in [2.75, 3.05) is 0 Å². The number of aliphatic hydroxyl groups is 1. The van der Waals surface area contributed by atoms with E-state index in [1.807, 2.05) is 27.7 Å². The first-order valence-corrected chi connectivity index (χ1v) is 10.1. The molecule has 160 valence electrons. The van der Waals surface area contributed by atoms with Crippen molar-refractivity contribution in [2.24, 2.45) is 16.7 Å². The fourth-order valence-electron chi connectivity index (χ4n) is 4.85. The number of rotatable bonds is 4. The molecule has 2 aliphatic carbocycles. The first-order valence-electron chi connectivity index (χ1n) is 10.1. The van der Waals surface area contributed by atoms with Crippen LogP contribution in [0.4, 0.5) is 5.69 Å². The quantitative estimate of drug-likeness (QED) is 0.443. The summed E-state index contributed by atoms with van der Waals surface area (Å²) in [5.74, 6) is -3.65. The summed E-state index contributed by atoms with van der Waals surface area (Å²) in [5.41, 5.74) is -1.17. The molecule has 1 N–H and O–H groups in total. The number of nitro groups is 1. The summed E-state index contributed by atoms with van der Waals surface area (Å²) < 4.78 is 0. The number of para-hydroxylation sites is 1. The highest BCUT2D eigenvalue weighted by Crippen LogP contribution is 2.48. The molecule has 1 aromatic carbocycles. The van der Waals surface area contributed by atoms with Crippen LogP contribution in [0.5, 0.6) is 0 Å². The highest BCUT2D eigenvalue weighted by Gasteiger charge is 2.49. The van der Waals surface area contributed by atoms with Gasteiger partial charge < -0.3 is 5.11 Å². The molecule has 3 rings (SSSR count). The van der Waals surface area contributed by atoms with Gasteiger partial charge in [-0.05, 0) is 10.8 Å². The molecule has 7 heteroatoms. The lowest BCUT2D eigenvalue weighted by Crippen LogP contribution is -2.43. The zero-order valence-electron chi connectivity index (χ0n) is 17.7. The van der Waals surface area contributed by atoms with Gasteiger partial charge in [-0.15, -0.1) is 0 Å². The molecule has 1 atom stereocenters. The maximum absolute atomic E-state index is 13.1. The summed E-state index contributed by atoms with van der Waals surface area (Å²) in [6, 6.07) is 5.83. The van der Waals surface area contributed by atoms with Crippen LogP contribution in [0.15, 0.2) is 35.6 Å². The summed E-state index contributed by atoms with van der Waals surface area (Å²) in [5, 5.41) is 22.5. The summed E-state index contributed by atoms with van der Waals surface area (Å²) in [6.07, 6.45) is 0.596. The molecule has 0 amide bonds. The van der Waals surface area contributed by atoms with Crippen molar-refractivity contribution in [3.05, 3.63) is 51.3 Å². The molecule has 30 heavy (non-hydrogen) atoms. The summed E-state index contributed by atoms with van der Waals surface area (Å²) in [4.78, 5) is 50.4. The number of nitrogens with zero attached hydrogens (tertiary/aromatic N) is 1. The number of aliphatic hydroxyl groups excluding tert-OH is 1.